The maximum atomic E-state index is 8.58. The van der Waals surface area contributed by atoms with Gasteiger partial charge in [0.2, 0.25) is 0 Å². The van der Waals surface area contributed by atoms with Crippen molar-refractivity contribution in [2.75, 3.05) is 18.9 Å². The molecular formula is C10H12N4O2. The molecule has 0 fully saturated rings. The molecule has 0 atom stereocenters. The van der Waals surface area contributed by atoms with Crippen molar-refractivity contribution in [3.8, 4) is 17.4 Å². The lowest BCUT2D eigenvalue weighted by atomic mass is 10.2. The maximum Gasteiger partial charge on any atom is 0.335 e. The van der Waals surface area contributed by atoms with Gasteiger partial charge in [0.1, 0.15) is 6.61 Å². The fourth-order valence-electron chi connectivity index (χ4n) is 1.22. The summed E-state index contributed by atoms with van der Waals surface area (Å²) in [5.74, 6) is 0.605. The predicted octanol–water partition coefficient (Wildman–Crippen LogP) is 0.425. The van der Waals surface area contributed by atoms with Gasteiger partial charge in [-0.05, 0) is 24.3 Å². The van der Waals surface area contributed by atoms with Crippen LogP contribution in [0.4, 0.5) is 5.69 Å². The SMILES string of the molecule is Nc1ccc(-c2nc(OCCO)n[nH]2)cc1. The monoisotopic (exact) mass is 220 g/mol. The predicted molar refractivity (Wildman–Crippen MR) is 58.8 cm³/mol. The number of nitrogens with two attached hydrogens (primary N) is 1. The summed E-state index contributed by atoms with van der Waals surface area (Å²) in [4.78, 5) is 4.11. The lowest BCUT2D eigenvalue weighted by molar-refractivity contribution is 0.192. The normalized spacial score (nSPS) is 10.3. The molecule has 6 nitrogen and oxygen atoms in total. The fraction of sp³-hybridized carbons (Fsp3) is 0.200. The highest BCUT2D eigenvalue weighted by atomic mass is 16.5. The van der Waals surface area contributed by atoms with Crippen molar-refractivity contribution in [2.24, 2.45) is 0 Å². The number of aromatic nitrogens is 3. The van der Waals surface area contributed by atoms with Gasteiger partial charge in [0.15, 0.2) is 5.82 Å². The molecule has 2 rings (SSSR count). The number of aliphatic hydroxyl groups is 1. The molecule has 0 aliphatic rings. The van der Waals surface area contributed by atoms with Gasteiger partial charge in [-0.2, -0.15) is 4.98 Å². The summed E-state index contributed by atoms with van der Waals surface area (Å²) in [6.45, 7) is 0.116. The minimum atomic E-state index is -0.0637. The van der Waals surface area contributed by atoms with Crippen molar-refractivity contribution < 1.29 is 9.84 Å². The third kappa shape index (κ3) is 2.29. The average Bonchev–Trinajstić information content (AvgIpc) is 2.76. The molecule has 0 spiro atoms. The fourth-order valence-corrected chi connectivity index (χ4v) is 1.22. The Morgan fingerprint density at radius 1 is 1.31 bits per heavy atom. The van der Waals surface area contributed by atoms with E-state index in [2.05, 4.69) is 15.2 Å². The van der Waals surface area contributed by atoms with E-state index in [0.717, 1.165) is 5.56 Å². The highest BCUT2D eigenvalue weighted by molar-refractivity contribution is 5.58. The van der Waals surface area contributed by atoms with E-state index in [0.29, 0.717) is 11.5 Å². The smallest absolute Gasteiger partial charge is 0.335 e. The van der Waals surface area contributed by atoms with Crippen LogP contribution in [0.2, 0.25) is 0 Å². The van der Waals surface area contributed by atoms with Gasteiger partial charge in [-0.1, -0.05) is 0 Å². The summed E-state index contributed by atoms with van der Waals surface area (Å²) in [6.07, 6.45) is 0. The van der Waals surface area contributed by atoms with Crippen LogP contribution in [-0.2, 0) is 0 Å². The van der Waals surface area contributed by atoms with Crippen LogP contribution >= 0.6 is 0 Å². The van der Waals surface area contributed by atoms with Crippen LogP contribution in [0.25, 0.3) is 11.4 Å². The molecule has 0 saturated carbocycles. The molecule has 0 bridgehead atoms. The highest BCUT2D eigenvalue weighted by Crippen LogP contribution is 2.17. The molecule has 16 heavy (non-hydrogen) atoms. The third-order valence-electron chi connectivity index (χ3n) is 1.97. The Morgan fingerprint density at radius 3 is 2.75 bits per heavy atom. The van der Waals surface area contributed by atoms with Crippen LogP contribution in [0.5, 0.6) is 6.01 Å². The Kier molecular flexibility index (Phi) is 3.02. The number of anilines is 1. The van der Waals surface area contributed by atoms with E-state index in [9.17, 15) is 0 Å². The minimum absolute atomic E-state index is 0.0637. The first-order chi connectivity index (χ1) is 7.79. The minimum Gasteiger partial charge on any atom is -0.460 e. The zero-order valence-electron chi connectivity index (χ0n) is 8.55. The quantitative estimate of drug-likeness (QED) is 0.649. The van der Waals surface area contributed by atoms with E-state index in [-0.39, 0.29) is 19.2 Å². The first-order valence-electron chi connectivity index (χ1n) is 4.81. The summed E-state index contributed by atoms with van der Waals surface area (Å²) in [5.41, 5.74) is 7.15. The van der Waals surface area contributed by atoms with Gasteiger partial charge in [-0.3, -0.25) is 5.10 Å². The van der Waals surface area contributed by atoms with Gasteiger partial charge in [0.25, 0.3) is 0 Å². The zero-order chi connectivity index (χ0) is 11.4. The van der Waals surface area contributed by atoms with E-state index in [4.69, 9.17) is 15.6 Å². The number of rotatable bonds is 4. The summed E-state index contributed by atoms with van der Waals surface area (Å²) in [6, 6.07) is 7.47. The largest absolute Gasteiger partial charge is 0.460 e. The molecule has 6 heteroatoms. The van der Waals surface area contributed by atoms with Gasteiger partial charge in [0, 0.05) is 11.3 Å². The van der Waals surface area contributed by atoms with Gasteiger partial charge in [-0.25, -0.2) is 0 Å². The third-order valence-corrected chi connectivity index (χ3v) is 1.97. The van der Waals surface area contributed by atoms with Gasteiger partial charge >= 0.3 is 6.01 Å². The lowest BCUT2D eigenvalue weighted by Gasteiger charge is -1.96. The van der Waals surface area contributed by atoms with E-state index in [1.54, 1.807) is 12.1 Å². The highest BCUT2D eigenvalue weighted by Gasteiger charge is 2.05. The second kappa shape index (κ2) is 4.63. The molecule has 0 saturated heterocycles. The molecule has 2 aromatic rings. The Labute approximate surface area is 92.1 Å². The summed E-state index contributed by atoms with van der Waals surface area (Å²) >= 11 is 0. The summed E-state index contributed by atoms with van der Waals surface area (Å²) in [7, 11) is 0. The first kappa shape index (κ1) is 10.4. The number of aromatic amines is 1. The van der Waals surface area contributed by atoms with Crippen molar-refractivity contribution >= 4 is 5.69 Å². The van der Waals surface area contributed by atoms with Crippen LogP contribution in [0, 0.1) is 0 Å². The topological polar surface area (TPSA) is 97.1 Å². The van der Waals surface area contributed by atoms with Crippen molar-refractivity contribution in [3.63, 3.8) is 0 Å². The molecular weight excluding hydrogens is 208 g/mol. The number of H-pyrrole nitrogens is 1. The lowest BCUT2D eigenvalue weighted by Crippen LogP contribution is -2.02. The molecule has 84 valence electrons. The van der Waals surface area contributed by atoms with E-state index >= 15 is 0 Å². The first-order valence-corrected chi connectivity index (χ1v) is 4.81. The molecule has 0 unspecified atom stereocenters. The van der Waals surface area contributed by atoms with Gasteiger partial charge in [0.05, 0.1) is 6.61 Å². The maximum absolute atomic E-state index is 8.58. The van der Waals surface area contributed by atoms with Crippen molar-refractivity contribution in [1.29, 1.82) is 0 Å². The Hall–Kier alpha value is -2.08. The number of nitrogens with zero attached hydrogens (tertiary/aromatic N) is 2. The Balaban J connectivity index is 2.15. The van der Waals surface area contributed by atoms with Crippen LogP contribution in [0.15, 0.2) is 24.3 Å². The van der Waals surface area contributed by atoms with Crippen molar-refractivity contribution in [2.45, 2.75) is 0 Å². The second-order valence-electron chi connectivity index (χ2n) is 3.16. The zero-order valence-corrected chi connectivity index (χ0v) is 8.55. The van der Waals surface area contributed by atoms with E-state index in [1.165, 1.54) is 0 Å². The number of hydrogen-bond acceptors (Lipinski definition) is 5. The van der Waals surface area contributed by atoms with Crippen LogP contribution in [0.1, 0.15) is 0 Å². The average molecular weight is 220 g/mol. The molecule has 0 aliphatic carbocycles. The summed E-state index contributed by atoms with van der Waals surface area (Å²) < 4.78 is 5.05. The second-order valence-corrected chi connectivity index (χ2v) is 3.16. The molecule has 0 radical (unpaired) electrons. The van der Waals surface area contributed by atoms with Crippen molar-refractivity contribution in [3.05, 3.63) is 24.3 Å². The number of nitrogens with one attached hydrogen (secondary N) is 1. The standard InChI is InChI=1S/C10H12N4O2/c11-8-3-1-7(2-4-8)9-12-10(14-13-9)16-6-5-15/h1-4,15H,5-6,11H2,(H,12,13,14). The number of nitrogen functional groups attached to an aromatic ring is 1. The van der Waals surface area contributed by atoms with Gasteiger partial charge in [-0.15, -0.1) is 5.10 Å². The Bertz CT molecular complexity index is 452. The van der Waals surface area contributed by atoms with Crippen LogP contribution in [0.3, 0.4) is 0 Å². The molecule has 1 aromatic carbocycles. The molecule has 4 N–H and O–H groups in total. The summed E-state index contributed by atoms with van der Waals surface area (Å²) in [5, 5.41) is 15.2. The number of benzene rings is 1. The van der Waals surface area contributed by atoms with E-state index in [1.807, 2.05) is 12.1 Å². The number of hydrogen-bond donors (Lipinski definition) is 3. The van der Waals surface area contributed by atoms with E-state index < -0.39 is 0 Å². The van der Waals surface area contributed by atoms with Crippen LogP contribution < -0.4 is 10.5 Å². The molecule has 0 amide bonds. The van der Waals surface area contributed by atoms with Crippen molar-refractivity contribution in [1.82, 2.24) is 15.2 Å². The number of ether oxygens (including phenoxy) is 1. The van der Waals surface area contributed by atoms with Crippen LogP contribution in [-0.4, -0.2) is 33.5 Å². The molecule has 1 heterocycles. The molecule has 1 aromatic heterocycles. The number of aliphatic hydroxyl groups excluding tert-OH is 1. The molecule has 0 aliphatic heterocycles. The van der Waals surface area contributed by atoms with Gasteiger partial charge < -0.3 is 15.6 Å². The Morgan fingerprint density at radius 2 is 2.06 bits per heavy atom.